The van der Waals surface area contributed by atoms with Gasteiger partial charge in [-0.15, -0.1) is 0 Å². The van der Waals surface area contributed by atoms with E-state index < -0.39 is 0 Å². The number of nitrogens with one attached hydrogen (secondary N) is 2. The number of rotatable bonds is 3. The van der Waals surface area contributed by atoms with E-state index in [1.807, 2.05) is 18.5 Å². The van der Waals surface area contributed by atoms with E-state index in [9.17, 15) is 10.1 Å². The number of aromatic amines is 2. The first-order chi connectivity index (χ1) is 11.6. The predicted molar refractivity (Wildman–Crippen MR) is 92.2 cm³/mol. The molecule has 7 nitrogen and oxygen atoms in total. The first kappa shape index (κ1) is 15.0. The Labute approximate surface area is 142 Å². The fraction of sp³-hybridized carbons (Fsp3) is 0.250. The highest BCUT2D eigenvalue weighted by atomic mass is 32.1. The number of fused-ring (bicyclic) bond motifs is 2. The lowest BCUT2D eigenvalue weighted by molar-refractivity contribution is -0.383. The SMILES string of the molecule is O=[N+]([O-])c1cccc2[nH]cc(CN3CCc4cnc(=S)[nH]c4C3)c12. The molecule has 0 amide bonds. The third-order valence-corrected chi connectivity index (χ3v) is 4.63. The molecule has 0 bridgehead atoms. The van der Waals surface area contributed by atoms with Crippen molar-refractivity contribution in [3.05, 3.63) is 62.3 Å². The Balaban J connectivity index is 1.66. The summed E-state index contributed by atoms with van der Waals surface area (Å²) in [6.45, 7) is 2.26. The Kier molecular flexibility index (Phi) is 3.62. The Morgan fingerprint density at radius 1 is 1.42 bits per heavy atom. The molecule has 1 aliphatic rings. The Hall–Kier alpha value is -2.58. The van der Waals surface area contributed by atoms with E-state index in [1.54, 1.807) is 12.1 Å². The van der Waals surface area contributed by atoms with Gasteiger partial charge in [0, 0.05) is 43.8 Å². The monoisotopic (exact) mass is 341 g/mol. The number of aromatic nitrogens is 3. The van der Waals surface area contributed by atoms with Crippen LogP contribution in [0.1, 0.15) is 16.8 Å². The molecule has 0 spiro atoms. The molecule has 0 atom stereocenters. The van der Waals surface area contributed by atoms with Crippen LogP contribution >= 0.6 is 12.2 Å². The van der Waals surface area contributed by atoms with Crippen molar-refractivity contribution < 1.29 is 4.92 Å². The maximum Gasteiger partial charge on any atom is 0.279 e. The lowest BCUT2D eigenvalue weighted by Gasteiger charge is -2.27. The van der Waals surface area contributed by atoms with Crippen molar-refractivity contribution in [3.8, 4) is 0 Å². The summed E-state index contributed by atoms with van der Waals surface area (Å²) in [7, 11) is 0. The largest absolute Gasteiger partial charge is 0.361 e. The molecule has 1 aromatic carbocycles. The fourth-order valence-corrected chi connectivity index (χ4v) is 3.46. The van der Waals surface area contributed by atoms with Crippen molar-refractivity contribution in [1.29, 1.82) is 0 Å². The van der Waals surface area contributed by atoms with Gasteiger partial charge in [-0.05, 0) is 35.8 Å². The van der Waals surface area contributed by atoms with Crippen molar-refractivity contribution in [1.82, 2.24) is 19.9 Å². The molecule has 2 aromatic heterocycles. The van der Waals surface area contributed by atoms with Gasteiger partial charge in [-0.3, -0.25) is 15.0 Å². The number of nitro groups is 1. The summed E-state index contributed by atoms with van der Waals surface area (Å²) in [6.07, 6.45) is 4.59. The molecule has 24 heavy (non-hydrogen) atoms. The average molecular weight is 341 g/mol. The van der Waals surface area contributed by atoms with Gasteiger partial charge < -0.3 is 9.97 Å². The van der Waals surface area contributed by atoms with Gasteiger partial charge in [0.25, 0.3) is 5.69 Å². The van der Waals surface area contributed by atoms with Gasteiger partial charge in [0.2, 0.25) is 0 Å². The highest BCUT2D eigenvalue weighted by Crippen LogP contribution is 2.30. The van der Waals surface area contributed by atoms with E-state index in [0.29, 0.717) is 16.7 Å². The van der Waals surface area contributed by atoms with Crippen LogP contribution in [0.25, 0.3) is 10.9 Å². The normalized spacial score (nSPS) is 14.7. The molecule has 122 valence electrons. The lowest BCUT2D eigenvalue weighted by Crippen LogP contribution is -2.30. The summed E-state index contributed by atoms with van der Waals surface area (Å²) >= 11 is 5.10. The minimum atomic E-state index is -0.325. The summed E-state index contributed by atoms with van der Waals surface area (Å²) in [6, 6.07) is 5.11. The maximum atomic E-state index is 11.3. The Morgan fingerprint density at radius 3 is 3.12 bits per heavy atom. The van der Waals surface area contributed by atoms with Gasteiger partial charge in [0.15, 0.2) is 4.77 Å². The van der Waals surface area contributed by atoms with E-state index in [2.05, 4.69) is 19.9 Å². The maximum absolute atomic E-state index is 11.3. The molecule has 3 aromatic rings. The van der Waals surface area contributed by atoms with Crippen LogP contribution in [0.3, 0.4) is 0 Å². The molecule has 3 heterocycles. The van der Waals surface area contributed by atoms with Crippen molar-refractivity contribution >= 4 is 28.8 Å². The number of H-pyrrole nitrogens is 2. The number of hydrogen-bond acceptors (Lipinski definition) is 5. The van der Waals surface area contributed by atoms with Crippen molar-refractivity contribution in [2.45, 2.75) is 19.5 Å². The summed E-state index contributed by atoms with van der Waals surface area (Å²) in [5.74, 6) is 0. The van der Waals surface area contributed by atoms with E-state index in [4.69, 9.17) is 12.2 Å². The molecule has 4 rings (SSSR count). The molecule has 1 aliphatic heterocycles. The second-order valence-corrected chi connectivity index (χ2v) is 6.31. The summed E-state index contributed by atoms with van der Waals surface area (Å²) in [5, 5.41) is 12.0. The average Bonchev–Trinajstić information content (AvgIpc) is 2.97. The smallest absolute Gasteiger partial charge is 0.279 e. The molecule has 2 N–H and O–H groups in total. The van der Waals surface area contributed by atoms with Crippen LogP contribution in [0.4, 0.5) is 5.69 Å². The number of nitrogens with zero attached hydrogens (tertiary/aromatic N) is 3. The topological polar surface area (TPSA) is 90.8 Å². The molecule has 0 radical (unpaired) electrons. The zero-order chi connectivity index (χ0) is 16.7. The lowest BCUT2D eigenvalue weighted by atomic mass is 10.1. The number of benzene rings is 1. The number of hydrogen-bond donors (Lipinski definition) is 2. The molecule has 0 saturated heterocycles. The first-order valence-corrected chi connectivity index (χ1v) is 8.05. The summed E-state index contributed by atoms with van der Waals surface area (Å²) in [5.41, 5.74) is 4.14. The minimum Gasteiger partial charge on any atom is -0.361 e. The number of non-ortho nitro benzene ring substituents is 1. The van der Waals surface area contributed by atoms with E-state index in [0.717, 1.165) is 36.3 Å². The van der Waals surface area contributed by atoms with Crippen LogP contribution in [-0.4, -0.2) is 31.3 Å². The van der Waals surface area contributed by atoms with Gasteiger partial charge in [0.1, 0.15) is 0 Å². The highest BCUT2D eigenvalue weighted by molar-refractivity contribution is 7.71. The van der Waals surface area contributed by atoms with Crippen LogP contribution in [0.15, 0.2) is 30.6 Å². The van der Waals surface area contributed by atoms with Gasteiger partial charge >= 0.3 is 0 Å². The quantitative estimate of drug-likeness (QED) is 0.434. The molecule has 0 saturated carbocycles. The molecule has 8 heteroatoms. The van der Waals surface area contributed by atoms with Gasteiger partial charge in [0.05, 0.1) is 15.8 Å². The minimum absolute atomic E-state index is 0.143. The summed E-state index contributed by atoms with van der Waals surface area (Å²) in [4.78, 5) is 23.7. The first-order valence-electron chi connectivity index (χ1n) is 7.64. The third kappa shape index (κ3) is 2.59. The zero-order valence-electron chi connectivity index (χ0n) is 12.8. The molecular weight excluding hydrogens is 326 g/mol. The Morgan fingerprint density at radius 2 is 2.29 bits per heavy atom. The van der Waals surface area contributed by atoms with Gasteiger partial charge in [-0.2, -0.15) is 0 Å². The molecule has 0 aliphatic carbocycles. The third-order valence-electron chi connectivity index (χ3n) is 4.42. The van der Waals surface area contributed by atoms with Crippen LogP contribution in [0.2, 0.25) is 0 Å². The van der Waals surface area contributed by atoms with E-state index in [1.165, 1.54) is 5.56 Å². The standard InChI is InChI=1S/C16H15N5O2S/c22-21(23)14-3-1-2-12-15(14)11(7-17-12)8-20-5-4-10-6-18-16(24)19-13(10)9-20/h1-3,6-7,17H,4-5,8-9H2,(H,18,19,24). The van der Waals surface area contributed by atoms with Crippen LogP contribution in [-0.2, 0) is 19.5 Å². The van der Waals surface area contributed by atoms with Crippen LogP contribution < -0.4 is 0 Å². The predicted octanol–water partition coefficient (Wildman–Crippen LogP) is 3.09. The molecule has 0 fully saturated rings. The van der Waals surface area contributed by atoms with Crippen molar-refractivity contribution in [3.63, 3.8) is 0 Å². The zero-order valence-corrected chi connectivity index (χ0v) is 13.6. The Bertz CT molecular complexity index is 994. The van der Waals surface area contributed by atoms with Gasteiger partial charge in [-0.25, -0.2) is 4.98 Å². The van der Waals surface area contributed by atoms with E-state index in [-0.39, 0.29) is 10.6 Å². The fourth-order valence-electron chi connectivity index (χ4n) is 3.28. The molecular formula is C16H15N5O2S. The van der Waals surface area contributed by atoms with Gasteiger partial charge in [-0.1, -0.05) is 6.07 Å². The van der Waals surface area contributed by atoms with E-state index >= 15 is 0 Å². The number of nitro benzene ring substituents is 1. The van der Waals surface area contributed by atoms with Crippen LogP contribution in [0.5, 0.6) is 0 Å². The van der Waals surface area contributed by atoms with Crippen LogP contribution in [0, 0.1) is 14.9 Å². The summed E-state index contributed by atoms with van der Waals surface area (Å²) < 4.78 is 0.485. The van der Waals surface area contributed by atoms with Crippen molar-refractivity contribution in [2.75, 3.05) is 6.54 Å². The van der Waals surface area contributed by atoms with Crippen molar-refractivity contribution in [2.24, 2.45) is 0 Å². The second kappa shape index (κ2) is 5.81. The second-order valence-electron chi connectivity index (χ2n) is 5.92. The highest BCUT2D eigenvalue weighted by Gasteiger charge is 2.21. The molecule has 0 unspecified atom stereocenters.